The van der Waals surface area contributed by atoms with Gasteiger partial charge in [0.2, 0.25) is 0 Å². The summed E-state index contributed by atoms with van der Waals surface area (Å²) in [6.45, 7) is 0.661. The zero-order chi connectivity index (χ0) is 12.2. The fourth-order valence-electron chi connectivity index (χ4n) is 1.67. The summed E-state index contributed by atoms with van der Waals surface area (Å²) in [7, 11) is 0. The highest BCUT2D eigenvalue weighted by Crippen LogP contribution is 2.28. The molecule has 2 aromatic heterocycles. The summed E-state index contributed by atoms with van der Waals surface area (Å²) in [5, 5.41) is 4.16. The summed E-state index contributed by atoms with van der Waals surface area (Å²) in [6, 6.07) is 14.1. The van der Waals surface area contributed by atoms with Crippen LogP contribution in [-0.2, 0) is 6.54 Å². The van der Waals surface area contributed by atoms with E-state index < -0.39 is 0 Å². The summed E-state index contributed by atoms with van der Waals surface area (Å²) < 4.78 is 5.26. The molecular formula is C14H12N2OS. The van der Waals surface area contributed by atoms with Crippen molar-refractivity contribution in [1.82, 2.24) is 4.98 Å². The molecule has 0 saturated heterocycles. The molecule has 0 fully saturated rings. The molecule has 4 heteroatoms. The first kappa shape index (κ1) is 11.0. The minimum Gasteiger partial charge on any atom is -0.467 e. The Morgan fingerprint density at radius 3 is 2.78 bits per heavy atom. The number of hydrogen-bond acceptors (Lipinski definition) is 4. The van der Waals surface area contributed by atoms with Crippen molar-refractivity contribution in [3.63, 3.8) is 0 Å². The van der Waals surface area contributed by atoms with Gasteiger partial charge in [-0.25, -0.2) is 4.98 Å². The van der Waals surface area contributed by atoms with Crippen LogP contribution >= 0.6 is 11.3 Å². The van der Waals surface area contributed by atoms with Gasteiger partial charge in [0.05, 0.1) is 17.7 Å². The highest BCUT2D eigenvalue weighted by molar-refractivity contribution is 7.18. The lowest BCUT2D eigenvalue weighted by molar-refractivity contribution is 0.518. The molecule has 3 aromatic rings. The van der Waals surface area contributed by atoms with Crippen LogP contribution in [0, 0.1) is 0 Å². The van der Waals surface area contributed by atoms with E-state index in [4.69, 9.17) is 4.42 Å². The van der Waals surface area contributed by atoms with Crippen LogP contribution in [0.25, 0.3) is 10.4 Å². The average molecular weight is 256 g/mol. The number of nitrogens with one attached hydrogen (secondary N) is 1. The van der Waals surface area contributed by atoms with Crippen molar-refractivity contribution in [2.75, 3.05) is 5.32 Å². The lowest BCUT2D eigenvalue weighted by atomic mass is 10.2. The molecule has 0 spiro atoms. The van der Waals surface area contributed by atoms with Gasteiger partial charge < -0.3 is 9.73 Å². The summed E-state index contributed by atoms with van der Waals surface area (Å²) in [5.74, 6) is 0.909. The van der Waals surface area contributed by atoms with E-state index in [0.29, 0.717) is 6.54 Å². The van der Waals surface area contributed by atoms with Gasteiger partial charge in [0.25, 0.3) is 0 Å². The second-order valence-corrected chi connectivity index (χ2v) is 4.86. The molecule has 2 heterocycles. The first-order valence-corrected chi connectivity index (χ1v) is 6.51. The Morgan fingerprint density at radius 1 is 1.11 bits per heavy atom. The van der Waals surface area contributed by atoms with Gasteiger partial charge in [-0.1, -0.05) is 41.7 Å². The Bertz CT molecular complexity index is 602. The number of thiazole rings is 1. The van der Waals surface area contributed by atoms with Crippen LogP contribution in [0.2, 0.25) is 0 Å². The van der Waals surface area contributed by atoms with Crippen LogP contribution in [0.4, 0.5) is 5.13 Å². The van der Waals surface area contributed by atoms with Gasteiger partial charge in [-0.05, 0) is 17.7 Å². The van der Waals surface area contributed by atoms with Crippen molar-refractivity contribution in [2.45, 2.75) is 6.54 Å². The van der Waals surface area contributed by atoms with E-state index in [2.05, 4.69) is 22.4 Å². The Kier molecular flexibility index (Phi) is 3.10. The monoisotopic (exact) mass is 256 g/mol. The van der Waals surface area contributed by atoms with Crippen LogP contribution in [0.5, 0.6) is 0 Å². The van der Waals surface area contributed by atoms with E-state index >= 15 is 0 Å². The van der Waals surface area contributed by atoms with Crippen LogP contribution in [0.3, 0.4) is 0 Å². The van der Waals surface area contributed by atoms with E-state index in [0.717, 1.165) is 15.8 Å². The van der Waals surface area contributed by atoms with Crippen molar-refractivity contribution < 1.29 is 4.42 Å². The Balaban J connectivity index is 1.70. The van der Waals surface area contributed by atoms with Crippen molar-refractivity contribution in [1.29, 1.82) is 0 Å². The fourth-order valence-corrected chi connectivity index (χ4v) is 2.49. The summed E-state index contributed by atoms with van der Waals surface area (Å²) >= 11 is 1.64. The predicted octanol–water partition coefficient (Wildman–Crippen LogP) is 4.02. The minimum atomic E-state index is 0.661. The van der Waals surface area contributed by atoms with E-state index in [-0.39, 0.29) is 0 Å². The van der Waals surface area contributed by atoms with Crippen LogP contribution < -0.4 is 5.32 Å². The van der Waals surface area contributed by atoms with Gasteiger partial charge >= 0.3 is 0 Å². The lowest BCUT2D eigenvalue weighted by Gasteiger charge is -1.98. The number of furan rings is 1. The highest BCUT2D eigenvalue weighted by atomic mass is 32.1. The zero-order valence-electron chi connectivity index (χ0n) is 9.67. The Morgan fingerprint density at radius 2 is 2.00 bits per heavy atom. The smallest absolute Gasteiger partial charge is 0.183 e. The fraction of sp³-hybridized carbons (Fsp3) is 0.0714. The molecule has 1 N–H and O–H groups in total. The third-order valence-electron chi connectivity index (χ3n) is 2.56. The molecule has 18 heavy (non-hydrogen) atoms. The van der Waals surface area contributed by atoms with Crippen molar-refractivity contribution in [3.8, 4) is 10.4 Å². The second-order valence-electron chi connectivity index (χ2n) is 3.83. The maximum absolute atomic E-state index is 5.26. The minimum absolute atomic E-state index is 0.661. The maximum atomic E-state index is 5.26. The molecule has 3 rings (SSSR count). The predicted molar refractivity (Wildman–Crippen MR) is 73.6 cm³/mol. The van der Waals surface area contributed by atoms with Gasteiger partial charge in [-0.15, -0.1) is 0 Å². The molecule has 0 aliphatic rings. The van der Waals surface area contributed by atoms with E-state index in [9.17, 15) is 0 Å². The quantitative estimate of drug-likeness (QED) is 0.766. The largest absolute Gasteiger partial charge is 0.467 e. The highest BCUT2D eigenvalue weighted by Gasteiger charge is 2.04. The number of benzene rings is 1. The van der Waals surface area contributed by atoms with Crippen LogP contribution in [0.15, 0.2) is 59.3 Å². The maximum Gasteiger partial charge on any atom is 0.183 e. The zero-order valence-corrected chi connectivity index (χ0v) is 10.5. The number of rotatable bonds is 4. The molecule has 0 atom stereocenters. The standard InChI is InChI=1S/C14H12N2OS/c1-2-5-11(6-3-1)13-10-16-14(18-13)15-9-12-7-4-8-17-12/h1-8,10H,9H2,(H,15,16). The van der Waals surface area contributed by atoms with Crippen LogP contribution in [-0.4, -0.2) is 4.98 Å². The van der Waals surface area contributed by atoms with Crippen molar-refractivity contribution in [2.24, 2.45) is 0 Å². The van der Waals surface area contributed by atoms with Gasteiger partial charge in [-0.2, -0.15) is 0 Å². The topological polar surface area (TPSA) is 38.1 Å². The first-order chi connectivity index (χ1) is 8.92. The van der Waals surface area contributed by atoms with Gasteiger partial charge in [0.15, 0.2) is 5.13 Å². The molecule has 0 unspecified atom stereocenters. The van der Waals surface area contributed by atoms with Gasteiger partial charge in [0.1, 0.15) is 5.76 Å². The molecule has 90 valence electrons. The Labute approximate surface area is 109 Å². The summed E-state index contributed by atoms with van der Waals surface area (Å²) in [6.07, 6.45) is 3.57. The summed E-state index contributed by atoms with van der Waals surface area (Å²) in [5.41, 5.74) is 1.20. The molecule has 0 amide bonds. The normalized spacial score (nSPS) is 10.4. The van der Waals surface area contributed by atoms with Crippen molar-refractivity contribution in [3.05, 3.63) is 60.7 Å². The number of aromatic nitrogens is 1. The molecule has 0 saturated carbocycles. The van der Waals surface area contributed by atoms with E-state index in [1.54, 1.807) is 17.6 Å². The Hall–Kier alpha value is -2.07. The molecule has 0 radical (unpaired) electrons. The molecule has 0 aliphatic heterocycles. The van der Waals surface area contributed by atoms with E-state index in [1.165, 1.54) is 5.56 Å². The van der Waals surface area contributed by atoms with Gasteiger partial charge in [-0.3, -0.25) is 0 Å². The third kappa shape index (κ3) is 2.43. The molecule has 0 bridgehead atoms. The SMILES string of the molecule is c1ccc(-c2cnc(NCc3ccco3)s2)cc1. The number of nitrogens with zero attached hydrogens (tertiary/aromatic N) is 1. The van der Waals surface area contributed by atoms with E-state index in [1.807, 2.05) is 36.5 Å². The molecule has 3 nitrogen and oxygen atoms in total. The lowest BCUT2D eigenvalue weighted by Crippen LogP contribution is -1.96. The first-order valence-electron chi connectivity index (χ1n) is 5.69. The third-order valence-corrected chi connectivity index (χ3v) is 3.56. The average Bonchev–Trinajstić information content (AvgIpc) is 3.09. The molecule has 1 aromatic carbocycles. The number of anilines is 1. The van der Waals surface area contributed by atoms with Crippen LogP contribution in [0.1, 0.15) is 5.76 Å². The molecule has 0 aliphatic carbocycles. The molecular weight excluding hydrogens is 244 g/mol. The summed E-state index contributed by atoms with van der Waals surface area (Å²) in [4.78, 5) is 5.52. The second kappa shape index (κ2) is 5.06. The van der Waals surface area contributed by atoms with Crippen molar-refractivity contribution >= 4 is 16.5 Å². The van der Waals surface area contributed by atoms with Gasteiger partial charge in [0, 0.05) is 6.20 Å². The number of hydrogen-bond donors (Lipinski definition) is 1.